The topological polar surface area (TPSA) is 107 Å². The second-order valence-corrected chi connectivity index (χ2v) is 7.94. The predicted molar refractivity (Wildman–Crippen MR) is 80.5 cm³/mol. The molecule has 21 heavy (non-hydrogen) atoms. The van der Waals surface area contributed by atoms with Gasteiger partial charge >= 0.3 is 0 Å². The van der Waals surface area contributed by atoms with Gasteiger partial charge in [-0.25, -0.2) is 19.2 Å². The Labute approximate surface area is 125 Å². The molecule has 1 aromatic heterocycles. The molecule has 0 bridgehead atoms. The van der Waals surface area contributed by atoms with Gasteiger partial charge < -0.3 is 4.57 Å². The van der Waals surface area contributed by atoms with Crippen LogP contribution in [-0.4, -0.2) is 41.1 Å². The number of hydrogen-bond donors (Lipinski definition) is 2. The van der Waals surface area contributed by atoms with Gasteiger partial charge in [0.2, 0.25) is 5.91 Å². The van der Waals surface area contributed by atoms with E-state index in [2.05, 4.69) is 10.4 Å². The first-order chi connectivity index (χ1) is 10.00. The van der Waals surface area contributed by atoms with Crippen molar-refractivity contribution >= 4 is 38.5 Å². The highest BCUT2D eigenvalue weighted by molar-refractivity contribution is 7.99. The maximum absolute atomic E-state index is 11.4. The second kappa shape index (κ2) is 5.32. The molecule has 3 rings (SSSR count). The van der Waals surface area contributed by atoms with E-state index in [0.29, 0.717) is 5.16 Å². The number of carbonyl (C=O) groups is 1. The van der Waals surface area contributed by atoms with E-state index < -0.39 is 9.84 Å². The number of nitrogens with zero attached hydrogens (tertiary/aromatic N) is 2. The number of thioether (sulfide) groups is 1. The number of fused-ring (bicyclic) bond motifs is 1. The zero-order valence-electron chi connectivity index (χ0n) is 11.0. The molecule has 7 nitrogen and oxygen atoms in total. The molecule has 3 N–H and O–H groups in total. The minimum Gasteiger partial charge on any atom is -0.314 e. The average molecular weight is 326 g/mol. The van der Waals surface area contributed by atoms with Crippen molar-refractivity contribution in [1.82, 2.24) is 15.0 Å². The Kier molecular flexibility index (Phi) is 3.64. The molecule has 112 valence electrons. The number of para-hydroxylation sites is 2. The quantitative estimate of drug-likeness (QED) is 0.357. The van der Waals surface area contributed by atoms with E-state index >= 15 is 0 Å². The molecular weight excluding hydrogens is 312 g/mol. The molecule has 1 amide bonds. The largest absolute Gasteiger partial charge is 0.314 e. The zero-order valence-corrected chi connectivity index (χ0v) is 12.7. The van der Waals surface area contributed by atoms with E-state index in [9.17, 15) is 13.2 Å². The van der Waals surface area contributed by atoms with Crippen LogP contribution in [0.25, 0.3) is 11.0 Å². The molecule has 0 unspecified atom stereocenters. The molecular formula is C12H14N4O3S2. The van der Waals surface area contributed by atoms with Crippen LogP contribution in [0.1, 0.15) is 6.04 Å². The lowest BCUT2D eigenvalue weighted by atomic mass is 10.3. The van der Waals surface area contributed by atoms with E-state index in [1.165, 1.54) is 11.8 Å². The van der Waals surface area contributed by atoms with Crippen molar-refractivity contribution in [2.24, 2.45) is 5.84 Å². The Balaban J connectivity index is 1.96. The maximum Gasteiger partial charge on any atom is 0.244 e. The minimum atomic E-state index is -2.94. The predicted octanol–water partition coefficient (Wildman–Crippen LogP) is 0.0878. The van der Waals surface area contributed by atoms with Crippen molar-refractivity contribution in [3.63, 3.8) is 0 Å². The number of benzene rings is 1. The van der Waals surface area contributed by atoms with Gasteiger partial charge in [0.05, 0.1) is 34.3 Å². The fourth-order valence-corrected chi connectivity index (χ4v) is 4.60. The molecule has 0 saturated carbocycles. The van der Waals surface area contributed by atoms with Crippen molar-refractivity contribution in [3.05, 3.63) is 24.3 Å². The molecule has 1 aliphatic heterocycles. The molecule has 9 heteroatoms. The average Bonchev–Trinajstić information content (AvgIpc) is 2.80. The van der Waals surface area contributed by atoms with Gasteiger partial charge in [0.25, 0.3) is 0 Å². The summed E-state index contributed by atoms with van der Waals surface area (Å²) in [5, 5.41) is 0.639. The van der Waals surface area contributed by atoms with Gasteiger partial charge in [-0.2, -0.15) is 0 Å². The third kappa shape index (κ3) is 2.76. The number of sulfone groups is 1. The van der Waals surface area contributed by atoms with Crippen LogP contribution in [0.15, 0.2) is 29.4 Å². The zero-order chi connectivity index (χ0) is 15.0. The Morgan fingerprint density at radius 1 is 1.43 bits per heavy atom. The normalized spacial score (nSPS) is 17.6. The Bertz CT molecular complexity index is 788. The van der Waals surface area contributed by atoms with E-state index in [-0.39, 0.29) is 29.2 Å². The third-order valence-corrected chi connectivity index (χ3v) is 6.05. The smallest absolute Gasteiger partial charge is 0.244 e. The summed E-state index contributed by atoms with van der Waals surface area (Å²) in [6.45, 7) is 0. The van der Waals surface area contributed by atoms with E-state index in [0.717, 1.165) is 11.0 Å². The molecule has 1 saturated heterocycles. The first-order valence-electron chi connectivity index (χ1n) is 6.30. The summed E-state index contributed by atoms with van der Waals surface area (Å²) in [5.41, 5.74) is 3.74. The number of imidazole rings is 1. The molecule has 2 heterocycles. The molecule has 1 aromatic carbocycles. The van der Waals surface area contributed by atoms with Crippen LogP contribution in [0.3, 0.4) is 0 Å². The highest BCUT2D eigenvalue weighted by atomic mass is 32.2. The van der Waals surface area contributed by atoms with Gasteiger partial charge in [0.15, 0.2) is 15.0 Å². The fraction of sp³-hybridized carbons (Fsp3) is 0.333. The van der Waals surface area contributed by atoms with Gasteiger partial charge in [0.1, 0.15) is 0 Å². The minimum absolute atomic E-state index is 0.115. The van der Waals surface area contributed by atoms with E-state index in [4.69, 9.17) is 5.84 Å². The summed E-state index contributed by atoms with van der Waals surface area (Å²) in [4.78, 5) is 15.8. The molecule has 2 aromatic rings. The summed E-state index contributed by atoms with van der Waals surface area (Å²) >= 11 is 1.25. The van der Waals surface area contributed by atoms with Crippen LogP contribution in [0.5, 0.6) is 0 Å². The van der Waals surface area contributed by atoms with Gasteiger partial charge in [0, 0.05) is 0 Å². The molecule has 1 aliphatic rings. The third-order valence-electron chi connectivity index (χ3n) is 3.31. The fourth-order valence-electron chi connectivity index (χ4n) is 2.34. The first-order valence-corrected chi connectivity index (χ1v) is 9.10. The second-order valence-electron chi connectivity index (χ2n) is 4.84. The van der Waals surface area contributed by atoms with Crippen LogP contribution in [0, 0.1) is 0 Å². The SMILES string of the molecule is NNC(=O)CSc1nc2ccccc2n1C1CS(=O)(=O)C1. The first kappa shape index (κ1) is 14.4. The molecule has 1 fully saturated rings. The van der Waals surface area contributed by atoms with Crippen LogP contribution < -0.4 is 11.3 Å². The van der Waals surface area contributed by atoms with Crippen LogP contribution >= 0.6 is 11.8 Å². The number of hydrogen-bond acceptors (Lipinski definition) is 6. The number of rotatable bonds is 4. The van der Waals surface area contributed by atoms with Crippen LogP contribution in [0.4, 0.5) is 0 Å². The Hall–Kier alpha value is -1.58. The summed E-state index contributed by atoms with van der Waals surface area (Å²) in [6.07, 6.45) is 0. The number of nitrogens with one attached hydrogen (secondary N) is 1. The summed E-state index contributed by atoms with van der Waals surface area (Å²) in [5.74, 6) is 5.13. The van der Waals surface area contributed by atoms with E-state index in [1.54, 1.807) is 0 Å². The summed E-state index contributed by atoms with van der Waals surface area (Å²) < 4.78 is 24.8. The molecule has 0 radical (unpaired) electrons. The molecule has 0 aliphatic carbocycles. The van der Waals surface area contributed by atoms with Crippen molar-refractivity contribution in [1.29, 1.82) is 0 Å². The lowest BCUT2D eigenvalue weighted by molar-refractivity contribution is -0.118. The summed E-state index contributed by atoms with van der Waals surface area (Å²) in [7, 11) is -2.94. The number of nitrogens with two attached hydrogens (primary N) is 1. The lowest BCUT2D eigenvalue weighted by Crippen LogP contribution is -2.38. The monoisotopic (exact) mass is 326 g/mol. The number of amides is 1. The highest BCUT2D eigenvalue weighted by Gasteiger charge is 2.36. The van der Waals surface area contributed by atoms with Crippen molar-refractivity contribution in [3.8, 4) is 0 Å². The van der Waals surface area contributed by atoms with Crippen molar-refractivity contribution in [2.75, 3.05) is 17.3 Å². The molecule has 0 spiro atoms. The summed E-state index contributed by atoms with van der Waals surface area (Å²) in [6, 6.07) is 7.41. The van der Waals surface area contributed by atoms with E-state index in [1.807, 2.05) is 28.8 Å². The number of aromatic nitrogens is 2. The molecule has 0 atom stereocenters. The van der Waals surface area contributed by atoms with Gasteiger partial charge in [-0.05, 0) is 12.1 Å². The van der Waals surface area contributed by atoms with Crippen molar-refractivity contribution < 1.29 is 13.2 Å². The van der Waals surface area contributed by atoms with Crippen LogP contribution in [-0.2, 0) is 14.6 Å². The maximum atomic E-state index is 11.4. The van der Waals surface area contributed by atoms with Crippen molar-refractivity contribution in [2.45, 2.75) is 11.2 Å². The standard InChI is InChI=1S/C12H14N4O3S2/c13-15-11(17)5-20-12-14-9-3-1-2-4-10(9)16(12)8-6-21(18,19)7-8/h1-4,8H,5-7,13H2,(H,15,17). The number of carbonyl (C=O) groups excluding carboxylic acids is 1. The van der Waals surface area contributed by atoms with Gasteiger partial charge in [-0.3, -0.25) is 10.2 Å². The number of hydrazine groups is 1. The Morgan fingerprint density at radius 3 is 2.81 bits per heavy atom. The van der Waals surface area contributed by atoms with Gasteiger partial charge in [-0.1, -0.05) is 23.9 Å². The van der Waals surface area contributed by atoms with Gasteiger partial charge in [-0.15, -0.1) is 0 Å². The Morgan fingerprint density at radius 2 is 2.14 bits per heavy atom. The highest BCUT2D eigenvalue weighted by Crippen LogP contribution is 2.33. The van der Waals surface area contributed by atoms with Crippen LogP contribution in [0.2, 0.25) is 0 Å². The lowest BCUT2D eigenvalue weighted by Gasteiger charge is -2.28.